The van der Waals surface area contributed by atoms with Crippen molar-refractivity contribution in [3.05, 3.63) is 52.8 Å². The fourth-order valence-corrected chi connectivity index (χ4v) is 4.23. The van der Waals surface area contributed by atoms with Crippen molar-refractivity contribution < 1.29 is 14.6 Å². The third-order valence-corrected chi connectivity index (χ3v) is 5.59. The molecule has 1 fully saturated rings. The van der Waals surface area contributed by atoms with Crippen LogP contribution in [0.2, 0.25) is 0 Å². The van der Waals surface area contributed by atoms with Gasteiger partial charge in [0, 0.05) is 24.9 Å². The maximum atomic E-state index is 13.4. The first-order valence-electron chi connectivity index (χ1n) is 9.29. The molecule has 27 heavy (non-hydrogen) atoms. The van der Waals surface area contributed by atoms with Crippen LogP contribution in [0.15, 0.2) is 41.7 Å². The number of para-hydroxylation sites is 1. The first-order valence-corrected chi connectivity index (χ1v) is 9.29. The number of allylic oxidation sites excluding steroid dienone is 1. The zero-order valence-electron chi connectivity index (χ0n) is 15.6. The predicted molar refractivity (Wildman–Crippen MR) is 103 cm³/mol. The van der Waals surface area contributed by atoms with Gasteiger partial charge in [0.1, 0.15) is 17.5 Å². The minimum Gasteiger partial charge on any atom is -0.484 e. The summed E-state index contributed by atoms with van der Waals surface area (Å²) < 4.78 is 7.78. The third kappa shape index (κ3) is 2.58. The van der Waals surface area contributed by atoms with Crippen LogP contribution in [0.3, 0.4) is 0 Å². The highest BCUT2D eigenvalue weighted by Gasteiger charge is 2.49. The molecule has 6 heteroatoms. The highest BCUT2D eigenvalue weighted by molar-refractivity contribution is 5.88. The molecule has 0 spiro atoms. The fraction of sp³-hybridized carbons (Fsp3) is 0.429. The Morgan fingerprint density at radius 2 is 2.07 bits per heavy atom. The van der Waals surface area contributed by atoms with Crippen molar-refractivity contribution in [2.24, 2.45) is 0 Å². The fourth-order valence-electron chi connectivity index (χ4n) is 4.23. The molecule has 1 N–H and O–H groups in total. The van der Waals surface area contributed by atoms with E-state index in [0.717, 1.165) is 17.3 Å². The molecular weight excluding hydrogens is 344 g/mol. The second-order valence-electron chi connectivity index (χ2n) is 7.75. The Kier molecular flexibility index (Phi) is 4.11. The van der Waals surface area contributed by atoms with Gasteiger partial charge in [-0.1, -0.05) is 18.2 Å². The number of amides is 1. The lowest BCUT2D eigenvalue weighted by Crippen LogP contribution is -2.55. The number of likely N-dealkylation sites (tertiary alicyclic amines) is 1. The van der Waals surface area contributed by atoms with Gasteiger partial charge in [-0.05, 0) is 32.4 Å². The highest BCUT2D eigenvalue weighted by Crippen LogP contribution is 2.45. The van der Waals surface area contributed by atoms with Crippen LogP contribution < -0.4 is 10.3 Å². The Hall–Kier alpha value is -2.60. The molecule has 1 aromatic carbocycles. The number of aromatic nitrogens is 1. The average Bonchev–Trinajstić information content (AvgIpc) is 3.06. The minimum atomic E-state index is -1.00. The summed E-state index contributed by atoms with van der Waals surface area (Å²) in [7, 11) is 0. The van der Waals surface area contributed by atoms with Gasteiger partial charge in [-0.2, -0.15) is 0 Å². The van der Waals surface area contributed by atoms with E-state index in [1.54, 1.807) is 29.4 Å². The monoisotopic (exact) mass is 368 g/mol. The summed E-state index contributed by atoms with van der Waals surface area (Å²) >= 11 is 0. The van der Waals surface area contributed by atoms with Crippen molar-refractivity contribution in [2.45, 2.75) is 51.0 Å². The molecule has 1 saturated heterocycles. The number of hydrogen-bond acceptors (Lipinski definition) is 4. The van der Waals surface area contributed by atoms with E-state index in [0.29, 0.717) is 30.8 Å². The first-order chi connectivity index (χ1) is 12.9. The first kappa shape index (κ1) is 17.8. The zero-order valence-corrected chi connectivity index (χ0v) is 15.6. The summed E-state index contributed by atoms with van der Waals surface area (Å²) in [6.07, 6.45) is 1.83. The van der Waals surface area contributed by atoms with Crippen LogP contribution in [-0.4, -0.2) is 38.7 Å². The van der Waals surface area contributed by atoms with E-state index in [4.69, 9.17) is 4.74 Å². The SMILES string of the molecule is C=CCn1c(=O)c2c(c3ccccc31)OC(C)(C)[C@H](O)[C@H]2N1CCCC1=O. The molecule has 3 heterocycles. The summed E-state index contributed by atoms with van der Waals surface area (Å²) in [5.74, 6) is 0.432. The predicted octanol–water partition coefficient (Wildman–Crippen LogP) is 2.38. The van der Waals surface area contributed by atoms with Gasteiger partial charge in [0.2, 0.25) is 5.91 Å². The number of carbonyl (C=O) groups excluding carboxylic acids is 1. The van der Waals surface area contributed by atoms with E-state index >= 15 is 0 Å². The molecule has 1 aromatic heterocycles. The second-order valence-corrected chi connectivity index (χ2v) is 7.75. The van der Waals surface area contributed by atoms with Crippen molar-refractivity contribution in [2.75, 3.05) is 6.54 Å². The maximum Gasteiger partial charge on any atom is 0.260 e. The van der Waals surface area contributed by atoms with E-state index in [-0.39, 0.29) is 11.5 Å². The summed E-state index contributed by atoms with van der Waals surface area (Å²) in [5.41, 5.74) is -0.0688. The number of carbonyl (C=O) groups is 1. The molecule has 0 aliphatic carbocycles. The Morgan fingerprint density at radius 1 is 1.33 bits per heavy atom. The van der Waals surface area contributed by atoms with Crippen LogP contribution in [0.5, 0.6) is 5.75 Å². The van der Waals surface area contributed by atoms with Crippen molar-refractivity contribution in [1.82, 2.24) is 9.47 Å². The van der Waals surface area contributed by atoms with E-state index < -0.39 is 17.7 Å². The number of pyridine rings is 1. The van der Waals surface area contributed by atoms with Gasteiger partial charge in [0.05, 0.1) is 17.1 Å². The molecule has 1 amide bonds. The Balaban J connectivity index is 2.07. The molecule has 4 rings (SSSR count). The van der Waals surface area contributed by atoms with E-state index in [1.807, 2.05) is 24.3 Å². The molecule has 0 saturated carbocycles. The van der Waals surface area contributed by atoms with Gasteiger partial charge >= 0.3 is 0 Å². The molecule has 2 aliphatic heterocycles. The number of aliphatic hydroxyl groups is 1. The van der Waals surface area contributed by atoms with Crippen LogP contribution in [0.25, 0.3) is 10.9 Å². The van der Waals surface area contributed by atoms with Crippen molar-refractivity contribution in [1.29, 1.82) is 0 Å². The van der Waals surface area contributed by atoms with Crippen LogP contribution in [-0.2, 0) is 11.3 Å². The molecule has 0 radical (unpaired) electrons. The molecular formula is C21H24N2O4. The van der Waals surface area contributed by atoms with Gasteiger partial charge in [0.25, 0.3) is 5.56 Å². The number of benzene rings is 1. The van der Waals surface area contributed by atoms with Gasteiger partial charge in [-0.15, -0.1) is 6.58 Å². The van der Waals surface area contributed by atoms with E-state index in [2.05, 4.69) is 6.58 Å². The number of rotatable bonds is 3. The average molecular weight is 368 g/mol. The molecule has 6 nitrogen and oxygen atoms in total. The molecule has 142 valence electrons. The normalized spacial score (nSPS) is 24.0. The van der Waals surface area contributed by atoms with Crippen molar-refractivity contribution in [3.63, 3.8) is 0 Å². The molecule has 2 aliphatic rings. The standard InChI is InChI=1S/C21H24N2O4/c1-4-11-22-14-9-6-5-8-13(14)18-16(20(22)26)17(19(25)21(2,3)27-18)23-12-7-10-15(23)24/h4-6,8-9,17,19,25H,1,7,10-12H2,2-3H3/t17-,19+/m0/s1. The largest absolute Gasteiger partial charge is 0.484 e. The molecule has 2 aromatic rings. The molecule has 2 atom stereocenters. The smallest absolute Gasteiger partial charge is 0.260 e. The van der Waals surface area contributed by atoms with Crippen molar-refractivity contribution in [3.8, 4) is 5.75 Å². The molecule has 0 unspecified atom stereocenters. The summed E-state index contributed by atoms with van der Waals surface area (Å²) in [4.78, 5) is 27.5. The number of hydrogen-bond donors (Lipinski definition) is 1. The Morgan fingerprint density at radius 3 is 2.74 bits per heavy atom. The minimum absolute atomic E-state index is 0.0365. The van der Waals surface area contributed by atoms with Crippen LogP contribution >= 0.6 is 0 Å². The van der Waals surface area contributed by atoms with E-state index in [1.165, 1.54) is 0 Å². The van der Waals surface area contributed by atoms with Crippen LogP contribution in [0, 0.1) is 0 Å². The van der Waals surface area contributed by atoms with Gasteiger partial charge in [0.15, 0.2) is 0 Å². The Bertz CT molecular complexity index is 992. The number of fused-ring (bicyclic) bond motifs is 3. The van der Waals surface area contributed by atoms with Gasteiger partial charge in [-0.25, -0.2) is 0 Å². The summed E-state index contributed by atoms with van der Waals surface area (Å²) in [6, 6.07) is 6.83. The van der Waals surface area contributed by atoms with Crippen molar-refractivity contribution >= 4 is 16.8 Å². The van der Waals surface area contributed by atoms with Crippen LogP contribution in [0.4, 0.5) is 0 Å². The quantitative estimate of drug-likeness (QED) is 0.845. The van der Waals surface area contributed by atoms with Crippen LogP contribution in [0.1, 0.15) is 38.3 Å². The zero-order chi connectivity index (χ0) is 19.3. The number of aliphatic hydroxyl groups excluding tert-OH is 1. The highest BCUT2D eigenvalue weighted by atomic mass is 16.5. The third-order valence-electron chi connectivity index (χ3n) is 5.59. The van der Waals surface area contributed by atoms with E-state index in [9.17, 15) is 14.7 Å². The maximum absolute atomic E-state index is 13.4. The number of ether oxygens (including phenoxy) is 1. The lowest BCUT2D eigenvalue weighted by Gasteiger charge is -2.45. The summed E-state index contributed by atoms with van der Waals surface area (Å²) in [6.45, 7) is 8.21. The lowest BCUT2D eigenvalue weighted by atomic mass is 9.85. The van der Waals surface area contributed by atoms with Gasteiger partial charge in [-0.3, -0.25) is 9.59 Å². The van der Waals surface area contributed by atoms with Gasteiger partial charge < -0.3 is 19.3 Å². The topological polar surface area (TPSA) is 71.8 Å². The number of nitrogens with zero attached hydrogens (tertiary/aromatic N) is 2. The molecule has 0 bridgehead atoms. The Labute approximate surface area is 157 Å². The lowest BCUT2D eigenvalue weighted by molar-refractivity contribution is -0.139. The second kappa shape index (κ2) is 6.23. The summed E-state index contributed by atoms with van der Waals surface area (Å²) in [5, 5.41) is 11.8.